The number of fused-ring (bicyclic) bond motifs is 4. The van der Waals surface area contributed by atoms with E-state index in [1.54, 1.807) is 92.7 Å². The van der Waals surface area contributed by atoms with Crippen LogP contribution in [0.25, 0.3) is 0 Å². The number of aliphatic hydroxyl groups is 2. The highest BCUT2D eigenvalue weighted by Gasteiger charge is 2.82. The van der Waals surface area contributed by atoms with Gasteiger partial charge in [0.25, 0.3) is 5.91 Å². The first-order valence-electron chi connectivity index (χ1n) is 19.6. The SMILES string of the molecule is C=C(C)[C@@]12C[C@H](OC(=O)[C@H](O)[C@@H](NC(=O)c3ccccc3)c3ccccc3)C(C)=C1[C@@H](OC(C)=O)C(=O)[C@@]1(C)C(C2OC(=O)c2ccccc2)[C@]2(OC(C)=O)CO[C@@H]2[C@@H]1O. The Bertz CT molecular complexity index is 2260. The Labute approximate surface area is 346 Å². The second-order valence-corrected chi connectivity index (χ2v) is 16.2. The number of hydrogen-bond donors (Lipinski definition) is 3. The summed E-state index contributed by atoms with van der Waals surface area (Å²) >= 11 is 0. The Hall–Kier alpha value is -5.96. The van der Waals surface area contributed by atoms with Crippen LogP contribution in [0.1, 0.15) is 73.4 Å². The molecule has 0 aromatic heterocycles. The summed E-state index contributed by atoms with van der Waals surface area (Å²) < 4.78 is 30.4. The fourth-order valence-corrected chi connectivity index (χ4v) is 9.90. The standard InChI is InChI=1S/C46H47NO13/c1-24(2)45-22-31(58-43(55)34(50)33(28-16-10-7-11-17-28)47-41(53)29-18-12-8-13-19-29)25(3)32(45)35(57-26(4)48)37(51)44(6)36(39(45)59-42(54)30-20-14-9-15-21-30)46(60-27(5)49)23-56-40(46)38(44)52/h7-21,31,33-36,38-40,50,52H,1,22-23H2,2-6H3,(H,47,53)/t31-,33-,34+,35+,36?,38-,39?,40+,44+,45-,46+/m0/s1. The van der Waals surface area contributed by atoms with Crippen LogP contribution in [0.4, 0.5) is 0 Å². The number of Topliss-reactive ketones (excluding diaryl/α,β-unsaturated/α-hetero) is 1. The Morgan fingerprint density at radius 2 is 1.43 bits per heavy atom. The van der Waals surface area contributed by atoms with Gasteiger partial charge in [-0.2, -0.15) is 0 Å². The molecule has 3 fully saturated rings. The zero-order chi connectivity index (χ0) is 43.3. The topological polar surface area (TPSA) is 201 Å². The molecule has 0 spiro atoms. The molecule has 14 nitrogen and oxygen atoms in total. The van der Waals surface area contributed by atoms with Crippen LogP contribution < -0.4 is 5.32 Å². The molecule has 7 rings (SSSR count). The maximum absolute atomic E-state index is 15.3. The average molecular weight is 822 g/mol. The molecule has 3 N–H and O–H groups in total. The molecule has 3 aromatic rings. The van der Waals surface area contributed by atoms with Gasteiger partial charge in [-0.3, -0.25) is 19.2 Å². The Morgan fingerprint density at radius 1 is 0.850 bits per heavy atom. The van der Waals surface area contributed by atoms with Gasteiger partial charge in [-0.25, -0.2) is 9.59 Å². The molecule has 11 atom stereocenters. The van der Waals surface area contributed by atoms with Gasteiger partial charge in [0.15, 0.2) is 23.6 Å². The molecular formula is C46H47NO13. The minimum Gasteiger partial charge on any atom is -0.457 e. The normalized spacial score (nSPS) is 31.1. The number of amides is 1. The smallest absolute Gasteiger partial charge is 0.338 e. The molecule has 3 aliphatic carbocycles. The summed E-state index contributed by atoms with van der Waals surface area (Å²) in [5.41, 5.74) is -3.89. The van der Waals surface area contributed by atoms with Crippen LogP contribution in [0.2, 0.25) is 0 Å². The van der Waals surface area contributed by atoms with Crippen molar-refractivity contribution in [2.24, 2.45) is 16.7 Å². The van der Waals surface area contributed by atoms with E-state index in [9.17, 15) is 34.2 Å². The van der Waals surface area contributed by atoms with E-state index in [0.717, 1.165) is 6.92 Å². The number of nitrogens with one attached hydrogen (secondary N) is 1. The zero-order valence-electron chi connectivity index (χ0n) is 33.8. The van der Waals surface area contributed by atoms with E-state index in [2.05, 4.69) is 11.9 Å². The molecule has 1 saturated heterocycles. The fraction of sp³-hybridized carbons (Fsp3) is 0.391. The van der Waals surface area contributed by atoms with E-state index in [1.165, 1.54) is 26.0 Å². The van der Waals surface area contributed by atoms with E-state index < -0.39 is 101 Å². The average Bonchev–Trinajstić information content (AvgIpc) is 3.55. The Morgan fingerprint density at radius 3 is 1.97 bits per heavy atom. The summed E-state index contributed by atoms with van der Waals surface area (Å²) in [6.45, 7) is 11.0. The monoisotopic (exact) mass is 821 g/mol. The zero-order valence-corrected chi connectivity index (χ0v) is 33.8. The molecule has 2 saturated carbocycles. The highest BCUT2D eigenvalue weighted by atomic mass is 16.6. The number of carbonyl (C=O) groups excluding carboxylic acids is 6. The van der Waals surface area contributed by atoms with Crippen molar-refractivity contribution in [1.82, 2.24) is 5.32 Å². The fourth-order valence-electron chi connectivity index (χ4n) is 9.90. The predicted molar refractivity (Wildman–Crippen MR) is 212 cm³/mol. The lowest BCUT2D eigenvalue weighted by molar-refractivity contribution is -0.275. The van der Waals surface area contributed by atoms with Gasteiger partial charge < -0.3 is 39.2 Å². The largest absolute Gasteiger partial charge is 0.457 e. The first-order chi connectivity index (χ1) is 28.5. The lowest BCUT2D eigenvalue weighted by atomic mass is 9.61. The van der Waals surface area contributed by atoms with Gasteiger partial charge in [-0.1, -0.05) is 78.9 Å². The minimum absolute atomic E-state index is 0.0999. The number of esters is 4. The second-order valence-electron chi connectivity index (χ2n) is 16.2. The number of aliphatic hydroxyl groups excluding tert-OH is 2. The molecule has 60 heavy (non-hydrogen) atoms. The van der Waals surface area contributed by atoms with Gasteiger partial charge >= 0.3 is 23.9 Å². The van der Waals surface area contributed by atoms with Crippen LogP contribution in [0.5, 0.6) is 0 Å². The summed E-state index contributed by atoms with van der Waals surface area (Å²) in [7, 11) is 0. The molecule has 314 valence electrons. The van der Waals surface area contributed by atoms with Gasteiger partial charge in [0, 0.05) is 25.8 Å². The Balaban J connectivity index is 1.36. The number of hydrogen-bond acceptors (Lipinski definition) is 13. The second kappa shape index (κ2) is 15.9. The molecule has 1 heterocycles. The van der Waals surface area contributed by atoms with Crippen LogP contribution >= 0.6 is 0 Å². The van der Waals surface area contributed by atoms with Crippen molar-refractivity contribution >= 4 is 35.6 Å². The van der Waals surface area contributed by atoms with Crippen LogP contribution in [0.3, 0.4) is 0 Å². The molecule has 4 aliphatic rings. The molecule has 0 bridgehead atoms. The first-order valence-corrected chi connectivity index (χ1v) is 19.6. The summed E-state index contributed by atoms with van der Waals surface area (Å²) in [6.07, 6.45) is -9.60. The van der Waals surface area contributed by atoms with E-state index in [4.69, 9.17) is 23.7 Å². The molecule has 1 aliphatic heterocycles. The van der Waals surface area contributed by atoms with E-state index in [-0.39, 0.29) is 35.3 Å². The van der Waals surface area contributed by atoms with Gasteiger partial charge in [0.2, 0.25) is 0 Å². The molecule has 3 aromatic carbocycles. The lowest BCUT2D eigenvalue weighted by Gasteiger charge is -2.52. The van der Waals surface area contributed by atoms with Crippen LogP contribution in [0.15, 0.2) is 114 Å². The maximum atomic E-state index is 15.3. The number of rotatable bonds is 11. The predicted octanol–water partition coefficient (Wildman–Crippen LogP) is 4.15. The number of ether oxygens (including phenoxy) is 5. The van der Waals surface area contributed by atoms with Crippen molar-refractivity contribution in [3.05, 3.63) is 131 Å². The molecule has 14 heteroatoms. The molecule has 0 radical (unpaired) electrons. The highest BCUT2D eigenvalue weighted by molar-refractivity contribution is 5.97. The first kappa shape index (κ1) is 42.2. The summed E-state index contributed by atoms with van der Waals surface area (Å²) in [4.78, 5) is 83.0. The summed E-state index contributed by atoms with van der Waals surface area (Å²) in [6, 6.07) is 23.4. The van der Waals surface area contributed by atoms with E-state index in [1.807, 2.05) is 0 Å². The van der Waals surface area contributed by atoms with Crippen molar-refractivity contribution in [3.63, 3.8) is 0 Å². The van der Waals surface area contributed by atoms with Crippen LogP contribution in [-0.4, -0.2) is 94.6 Å². The maximum Gasteiger partial charge on any atom is 0.338 e. The third kappa shape index (κ3) is 6.72. The summed E-state index contributed by atoms with van der Waals surface area (Å²) in [5.74, 6) is -6.28. The van der Waals surface area contributed by atoms with Gasteiger partial charge in [0.05, 0.1) is 41.1 Å². The van der Waals surface area contributed by atoms with E-state index >= 15 is 4.79 Å². The van der Waals surface area contributed by atoms with Gasteiger partial charge in [-0.05, 0) is 61.7 Å². The Kier molecular flexibility index (Phi) is 11.2. The van der Waals surface area contributed by atoms with Gasteiger partial charge in [-0.15, -0.1) is 0 Å². The van der Waals surface area contributed by atoms with Crippen molar-refractivity contribution < 1.29 is 62.7 Å². The van der Waals surface area contributed by atoms with Crippen LogP contribution in [0, 0.1) is 16.7 Å². The third-order valence-electron chi connectivity index (χ3n) is 12.7. The third-order valence-corrected chi connectivity index (χ3v) is 12.7. The van der Waals surface area contributed by atoms with Crippen molar-refractivity contribution in [2.45, 2.75) is 89.3 Å². The van der Waals surface area contributed by atoms with Gasteiger partial charge in [0.1, 0.15) is 18.3 Å². The quantitative estimate of drug-likeness (QED) is 0.142. The number of ketones is 1. The number of benzene rings is 3. The van der Waals surface area contributed by atoms with E-state index in [0.29, 0.717) is 11.1 Å². The molecule has 1 amide bonds. The summed E-state index contributed by atoms with van der Waals surface area (Å²) in [5, 5.41) is 26.5. The van der Waals surface area contributed by atoms with Crippen LogP contribution in [-0.2, 0) is 42.9 Å². The van der Waals surface area contributed by atoms with Crippen molar-refractivity contribution in [2.75, 3.05) is 6.61 Å². The number of carbonyl (C=O) groups is 6. The van der Waals surface area contributed by atoms with Crippen molar-refractivity contribution in [1.29, 1.82) is 0 Å². The molecular weight excluding hydrogens is 775 g/mol. The minimum atomic E-state index is -1.96. The highest BCUT2D eigenvalue weighted by Crippen LogP contribution is 2.68. The lowest BCUT2D eigenvalue weighted by Crippen LogP contribution is -2.66. The van der Waals surface area contributed by atoms with Crippen molar-refractivity contribution in [3.8, 4) is 0 Å². The molecule has 2 unspecified atom stereocenters.